The van der Waals surface area contributed by atoms with Gasteiger partial charge in [-0.3, -0.25) is 4.99 Å². The fourth-order valence-electron chi connectivity index (χ4n) is 2.54. The highest BCUT2D eigenvalue weighted by atomic mass is 127. The Hall–Kier alpha value is -1.67. The lowest BCUT2D eigenvalue weighted by Gasteiger charge is -2.23. The highest BCUT2D eigenvalue weighted by Gasteiger charge is 2.09. The third kappa shape index (κ3) is 5.97. The van der Waals surface area contributed by atoms with Crippen LogP contribution >= 0.6 is 24.0 Å². The second-order valence-electron chi connectivity index (χ2n) is 5.77. The number of hydrogen-bond acceptors (Lipinski definition) is 2. The molecule has 136 valence electrons. The molecule has 0 saturated heterocycles. The molecule has 0 saturated carbocycles. The zero-order valence-electron chi connectivity index (χ0n) is 14.8. The first-order valence-electron chi connectivity index (χ1n) is 7.89. The van der Waals surface area contributed by atoms with Gasteiger partial charge in [0, 0.05) is 32.7 Å². The maximum atomic E-state index is 13.4. The first-order valence-corrected chi connectivity index (χ1v) is 7.89. The number of aliphatic hydroxyl groups is 1. The lowest BCUT2D eigenvalue weighted by molar-refractivity contribution is 0.275. The van der Waals surface area contributed by atoms with Crippen LogP contribution in [-0.2, 0) is 19.7 Å². The molecule has 0 amide bonds. The van der Waals surface area contributed by atoms with Crippen LogP contribution in [0.4, 0.5) is 4.39 Å². The van der Waals surface area contributed by atoms with E-state index in [1.165, 1.54) is 17.2 Å². The van der Waals surface area contributed by atoms with Gasteiger partial charge in [-0.25, -0.2) is 4.39 Å². The molecule has 0 aliphatic carbocycles. The Morgan fingerprint density at radius 3 is 2.56 bits per heavy atom. The van der Waals surface area contributed by atoms with Crippen molar-refractivity contribution >= 4 is 29.9 Å². The van der Waals surface area contributed by atoms with Gasteiger partial charge in [0.15, 0.2) is 5.96 Å². The van der Waals surface area contributed by atoms with Crippen molar-refractivity contribution in [1.82, 2.24) is 10.2 Å². The van der Waals surface area contributed by atoms with Crippen molar-refractivity contribution in [3.63, 3.8) is 0 Å². The molecule has 0 heterocycles. The summed E-state index contributed by atoms with van der Waals surface area (Å²) in [7, 11) is 3.71. The number of rotatable bonds is 5. The maximum Gasteiger partial charge on any atom is 0.193 e. The fraction of sp³-hybridized carbons (Fsp3) is 0.316. The van der Waals surface area contributed by atoms with E-state index in [0.717, 1.165) is 18.1 Å². The van der Waals surface area contributed by atoms with Crippen LogP contribution in [-0.4, -0.2) is 30.1 Å². The quantitative estimate of drug-likeness (QED) is 0.411. The van der Waals surface area contributed by atoms with E-state index in [9.17, 15) is 4.39 Å². The van der Waals surface area contributed by atoms with Crippen LogP contribution in [0, 0.1) is 12.7 Å². The Morgan fingerprint density at radius 2 is 1.92 bits per heavy atom. The summed E-state index contributed by atoms with van der Waals surface area (Å²) in [6.07, 6.45) is 0. The normalized spacial score (nSPS) is 11.0. The monoisotopic (exact) mass is 457 g/mol. The minimum atomic E-state index is -0.387. The third-order valence-corrected chi connectivity index (χ3v) is 3.97. The number of hydrogen-bond donors (Lipinski definition) is 2. The number of aryl methyl sites for hydroxylation is 1. The van der Waals surface area contributed by atoms with Gasteiger partial charge in [0.25, 0.3) is 0 Å². The van der Waals surface area contributed by atoms with E-state index in [-0.39, 0.29) is 36.4 Å². The third-order valence-electron chi connectivity index (χ3n) is 3.97. The van der Waals surface area contributed by atoms with E-state index in [1.54, 1.807) is 19.2 Å². The zero-order chi connectivity index (χ0) is 17.5. The number of aliphatic hydroxyl groups excluding tert-OH is 1. The SMILES string of the molecule is CN=C(NCc1ccc(F)c(CO)c1)N(C)Cc1ccccc1C.I. The van der Waals surface area contributed by atoms with Crippen LogP contribution < -0.4 is 5.32 Å². The highest BCUT2D eigenvalue weighted by Crippen LogP contribution is 2.12. The van der Waals surface area contributed by atoms with Gasteiger partial charge in [0.05, 0.1) is 6.61 Å². The van der Waals surface area contributed by atoms with Gasteiger partial charge >= 0.3 is 0 Å². The topological polar surface area (TPSA) is 47.9 Å². The number of guanidine groups is 1. The smallest absolute Gasteiger partial charge is 0.193 e. The van der Waals surface area contributed by atoms with Gasteiger partial charge in [-0.15, -0.1) is 24.0 Å². The molecule has 0 atom stereocenters. The molecule has 0 unspecified atom stereocenters. The van der Waals surface area contributed by atoms with E-state index in [4.69, 9.17) is 5.11 Å². The Morgan fingerprint density at radius 1 is 1.20 bits per heavy atom. The summed E-state index contributed by atoms with van der Waals surface area (Å²) in [5.41, 5.74) is 3.68. The number of halogens is 2. The molecule has 2 aromatic rings. The van der Waals surface area contributed by atoms with E-state index in [1.807, 2.05) is 24.1 Å². The molecule has 4 nitrogen and oxygen atoms in total. The Balaban J connectivity index is 0.00000312. The molecule has 0 radical (unpaired) electrons. The molecule has 2 rings (SSSR count). The summed E-state index contributed by atoms with van der Waals surface area (Å²) in [6, 6.07) is 13.0. The number of nitrogens with one attached hydrogen (secondary N) is 1. The van der Waals surface area contributed by atoms with Gasteiger partial charge in [-0.1, -0.05) is 30.3 Å². The zero-order valence-corrected chi connectivity index (χ0v) is 17.1. The standard InChI is InChI=1S/C19H24FN3O.HI/c1-14-6-4-5-7-16(14)12-23(3)19(21-2)22-11-15-8-9-18(20)17(10-15)13-24;/h4-10,24H,11-13H2,1-3H3,(H,21,22);1H. The largest absolute Gasteiger partial charge is 0.392 e. The average Bonchev–Trinajstić information content (AvgIpc) is 2.58. The number of nitrogens with zero attached hydrogens (tertiary/aromatic N) is 2. The predicted octanol–water partition coefficient (Wildman–Crippen LogP) is 3.45. The molecule has 0 fully saturated rings. The predicted molar refractivity (Wildman–Crippen MR) is 111 cm³/mol. The second-order valence-corrected chi connectivity index (χ2v) is 5.77. The molecule has 0 bridgehead atoms. The Bertz CT molecular complexity index is 722. The van der Waals surface area contributed by atoms with Crippen LogP contribution in [0.25, 0.3) is 0 Å². The molecule has 0 aromatic heterocycles. The number of aliphatic imine (C=N–C) groups is 1. The van der Waals surface area contributed by atoms with E-state index >= 15 is 0 Å². The van der Waals surface area contributed by atoms with Crippen LogP contribution in [0.1, 0.15) is 22.3 Å². The summed E-state index contributed by atoms with van der Waals surface area (Å²) >= 11 is 0. The first kappa shape index (κ1) is 21.4. The maximum absolute atomic E-state index is 13.4. The Labute approximate surface area is 165 Å². The van der Waals surface area contributed by atoms with Gasteiger partial charge in [0.2, 0.25) is 0 Å². The molecule has 0 spiro atoms. The molecule has 25 heavy (non-hydrogen) atoms. The average molecular weight is 457 g/mol. The summed E-state index contributed by atoms with van der Waals surface area (Å²) in [4.78, 5) is 6.34. The van der Waals surface area contributed by atoms with Gasteiger partial charge in [-0.05, 0) is 35.7 Å². The molecule has 2 N–H and O–H groups in total. The minimum Gasteiger partial charge on any atom is -0.392 e. The molecule has 6 heteroatoms. The van der Waals surface area contributed by atoms with E-state index < -0.39 is 0 Å². The van der Waals surface area contributed by atoms with Crippen molar-refractivity contribution in [1.29, 1.82) is 0 Å². The fourth-order valence-corrected chi connectivity index (χ4v) is 2.54. The minimum absolute atomic E-state index is 0. The summed E-state index contributed by atoms with van der Waals surface area (Å²) in [6.45, 7) is 3.05. The van der Waals surface area contributed by atoms with Crippen LogP contribution in [0.15, 0.2) is 47.5 Å². The van der Waals surface area contributed by atoms with Crippen LogP contribution in [0.5, 0.6) is 0 Å². The van der Waals surface area contributed by atoms with Gasteiger partial charge in [0.1, 0.15) is 5.82 Å². The lowest BCUT2D eigenvalue weighted by atomic mass is 10.1. The van der Waals surface area contributed by atoms with Gasteiger partial charge < -0.3 is 15.3 Å². The molecular formula is C19H25FIN3O. The molecule has 0 aliphatic rings. The molecule has 2 aromatic carbocycles. The van der Waals surface area contributed by atoms with Crippen molar-refractivity contribution in [2.45, 2.75) is 26.6 Å². The molecular weight excluding hydrogens is 432 g/mol. The van der Waals surface area contributed by atoms with Crippen molar-refractivity contribution in [2.75, 3.05) is 14.1 Å². The summed E-state index contributed by atoms with van der Waals surface area (Å²) < 4.78 is 13.4. The first-order chi connectivity index (χ1) is 11.5. The van der Waals surface area contributed by atoms with Crippen molar-refractivity contribution in [3.8, 4) is 0 Å². The van der Waals surface area contributed by atoms with Crippen molar-refractivity contribution in [2.24, 2.45) is 4.99 Å². The van der Waals surface area contributed by atoms with Gasteiger partial charge in [-0.2, -0.15) is 0 Å². The van der Waals surface area contributed by atoms with E-state index in [2.05, 4.69) is 29.4 Å². The highest BCUT2D eigenvalue weighted by molar-refractivity contribution is 14.0. The van der Waals surface area contributed by atoms with Crippen LogP contribution in [0.2, 0.25) is 0 Å². The van der Waals surface area contributed by atoms with Crippen LogP contribution in [0.3, 0.4) is 0 Å². The van der Waals surface area contributed by atoms with E-state index in [0.29, 0.717) is 12.1 Å². The van der Waals surface area contributed by atoms with Crippen molar-refractivity contribution in [3.05, 3.63) is 70.5 Å². The second kappa shape index (κ2) is 10.4. The number of benzene rings is 2. The summed E-state index contributed by atoms with van der Waals surface area (Å²) in [5.74, 6) is 0.371. The Kier molecular flexibility index (Phi) is 8.85. The molecule has 0 aliphatic heterocycles. The van der Waals surface area contributed by atoms with Crippen molar-refractivity contribution < 1.29 is 9.50 Å². The summed E-state index contributed by atoms with van der Waals surface area (Å²) in [5, 5.41) is 12.4. The lowest BCUT2D eigenvalue weighted by Crippen LogP contribution is -2.38.